The summed E-state index contributed by atoms with van der Waals surface area (Å²) in [5, 5.41) is 19.6. The fourth-order valence-corrected chi connectivity index (χ4v) is 2.35. The van der Waals surface area contributed by atoms with Crippen LogP contribution in [-0.4, -0.2) is 49.2 Å². The maximum Gasteiger partial charge on any atom is 0.123 e. The van der Waals surface area contributed by atoms with Crippen LogP contribution in [0.2, 0.25) is 1.41 Å². The van der Waals surface area contributed by atoms with Gasteiger partial charge in [0.05, 0.1) is 13.2 Å². The quantitative estimate of drug-likeness (QED) is 0.479. The van der Waals surface area contributed by atoms with Crippen molar-refractivity contribution in [1.29, 1.82) is 0 Å². The van der Waals surface area contributed by atoms with E-state index in [1.165, 1.54) is 5.31 Å². The van der Waals surface area contributed by atoms with Crippen LogP contribution in [0.4, 0.5) is 0 Å². The number of hydrogen-bond acceptors (Lipinski definition) is 4. The van der Waals surface area contributed by atoms with Gasteiger partial charge in [-0.15, -0.1) is 0 Å². The molecule has 0 aromatic heterocycles. The van der Waals surface area contributed by atoms with Crippen LogP contribution in [0, 0.1) is 22.7 Å². The van der Waals surface area contributed by atoms with Crippen molar-refractivity contribution in [2.45, 2.75) is 26.8 Å². The van der Waals surface area contributed by atoms with Crippen molar-refractivity contribution in [2.75, 3.05) is 33.0 Å². The van der Waals surface area contributed by atoms with Gasteiger partial charge in [0.15, 0.2) is 0 Å². The maximum absolute atomic E-state index is 9.62. The van der Waals surface area contributed by atoms with Gasteiger partial charge in [0, 0.05) is 18.0 Å². The van der Waals surface area contributed by atoms with Crippen molar-refractivity contribution in [2.24, 2.45) is 10.8 Å². The Morgan fingerprint density at radius 2 is 2.18 bits per heavy atom. The third-order valence-electron chi connectivity index (χ3n) is 3.07. The number of rotatable bonds is 4. The lowest BCUT2D eigenvalue weighted by Crippen LogP contribution is -2.70. The van der Waals surface area contributed by atoms with Gasteiger partial charge in [0.25, 0.3) is 0 Å². The summed E-state index contributed by atoms with van der Waals surface area (Å²) >= 11 is 0. The summed E-state index contributed by atoms with van der Waals surface area (Å²) in [6.45, 7) is 7.19. The van der Waals surface area contributed by atoms with Crippen molar-refractivity contribution in [3.8, 4) is 11.8 Å². The summed E-state index contributed by atoms with van der Waals surface area (Å²) in [7, 11) is 0. The molecule has 1 fully saturated rings. The molecular formula is C13H23NO3. The second-order valence-electron chi connectivity index (χ2n) is 5.63. The molecule has 2 atom stereocenters. The molecule has 4 nitrogen and oxygen atoms in total. The smallest absolute Gasteiger partial charge is 0.123 e. The van der Waals surface area contributed by atoms with Crippen molar-refractivity contribution >= 4 is 0 Å². The van der Waals surface area contributed by atoms with Gasteiger partial charge in [0.2, 0.25) is 0 Å². The zero-order valence-corrected chi connectivity index (χ0v) is 10.9. The zero-order chi connectivity index (χ0) is 13.8. The van der Waals surface area contributed by atoms with Crippen LogP contribution in [0.3, 0.4) is 0 Å². The van der Waals surface area contributed by atoms with Crippen molar-refractivity contribution in [3.05, 3.63) is 0 Å². The van der Waals surface area contributed by atoms with E-state index in [2.05, 4.69) is 32.6 Å². The van der Waals surface area contributed by atoms with Gasteiger partial charge in [-0.3, -0.25) is 0 Å². The molecule has 1 rings (SSSR count). The topological polar surface area (TPSA) is 61.7 Å². The van der Waals surface area contributed by atoms with E-state index in [0.717, 1.165) is 0 Å². The molecule has 0 spiro atoms. The molecular weight excluding hydrogens is 218 g/mol. The average molecular weight is 242 g/mol. The van der Waals surface area contributed by atoms with Crippen molar-refractivity contribution in [3.63, 3.8) is 0 Å². The van der Waals surface area contributed by atoms with Crippen LogP contribution in [0.1, 0.15) is 20.8 Å². The summed E-state index contributed by atoms with van der Waals surface area (Å²) in [4.78, 5) is 0. The van der Waals surface area contributed by atoms with E-state index in [4.69, 9.17) is 11.3 Å². The van der Waals surface area contributed by atoms with Crippen LogP contribution >= 0.6 is 0 Å². The predicted molar refractivity (Wildman–Crippen MR) is 66.4 cm³/mol. The predicted octanol–water partition coefficient (Wildman–Crippen LogP) is -0.00470. The van der Waals surface area contributed by atoms with Gasteiger partial charge in [-0.2, -0.15) is 0 Å². The highest BCUT2D eigenvalue weighted by Gasteiger charge is 2.51. The summed E-state index contributed by atoms with van der Waals surface area (Å²) < 4.78 is 13.3. The van der Waals surface area contributed by atoms with Gasteiger partial charge in [-0.25, -0.2) is 0 Å². The minimum absolute atomic E-state index is 0.0117. The molecule has 17 heavy (non-hydrogen) atoms. The standard InChI is InChI=1S/C13H23NO3/c1-12(2,3)11-13(9-16,8-14-11)10-17-7-5-4-6-15/h11,14-16H,6-10H2,1-3H3/i/hD. The van der Waals surface area contributed by atoms with Crippen LogP contribution in [0.5, 0.6) is 0 Å². The lowest BCUT2D eigenvalue weighted by Gasteiger charge is -2.55. The monoisotopic (exact) mass is 242 g/mol. The van der Waals surface area contributed by atoms with E-state index in [1.807, 2.05) is 0 Å². The van der Waals surface area contributed by atoms with Gasteiger partial charge in [-0.05, 0) is 5.41 Å². The molecule has 1 saturated heterocycles. The lowest BCUT2D eigenvalue weighted by atomic mass is 9.64. The Morgan fingerprint density at radius 3 is 2.65 bits per heavy atom. The fourth-order valence-electron chi connectivity index (χ4n) is 2.35. The Balaban J connectivity index is 2.58. The Labute approximate surface area is 105 Å². The maximum atomic E-state index is 9.62. The van der Waals surface area contributed by atoms with E-state index in [1.54, 1.807) is 0 Å². The first-order valence-electron chi connectivity index (χ1n) is 6.33. The van der Waals surface area contributed by atoms with Gasteiger partial charge >= 0.3 is 0 Å². The summed E-state index contributed by atoms with van der Waals surface area (Å²) in [5.41, 5.74) is -0.455. The molecule has 4 heteroatoms. The minimum Gasteiger partial charge on any atom is -0.396 e. The highest BCUT2D eigenvalue weighted by molar-refractivity contribution is 5.07. The molecule has 1 aliphatic rings. The molecule has 0 aliphatic carbocycles. The van der Waals surface area contributed by atoms with Crippen LogP contribution in [-0.2, 0) is 4.74 Å². The van der Waals surface area contributed by atoms with Gasteiger partial charge in [0.1, 0.15) is 14.6 Å². The number of nitrogens with one attached hydrogen (secondary N) is 1. The first kappa shape index (κ1) is 12.8. The Hall–Kier alpha value is -0.600. The number of aliphatic hydroxyl groups excluding tert-OH is 2. The largest absolute Gasteiger partial charge is 0.396 e. The fraction of sp³-hybridized carbons (Fsp3) is 0.846. The Bertz CT molecular complexity index is 331. The molecule has 0 aromatic carbocycles. The van der Waals surface area contributed by atoms with E-state index in [0.29, 0.717) is 13.2 Å². The molecule has 0 amide bonds. The van der Waals surface area contributed by atoms with E-state index in [9.17, 15) is 5.11 Å². The second-order valence-corrected chi connectivity index (χ2v) is 5.63. The molecule has 0 radical (unpaired) electrons. The van der Waals surface area contributed by atoms with Crippen molar-refractivity contribution < 1.29 is 16.4 Å². The molecule has 98 valence electrons. The highest BCUT2D eigenvalue weighted by Crippen LogP contribution is 2.40. The average Bonchev–Trinajstić information content (AvgIpc) is 2.24. The van der Waals surface area contributed by atoms with Crippen molar-refractivity contribution in [1.82, 2.24) is 5.31 Å². The lowest BCUT2D eigenvalue weighted by molar-refractivity contribution is -0.0878. The molecule has 0 aromatic rings. The molecule has 1 heterocycles. The van der Waals surface area contributed by atoms with Crippen LogP contribution in [0.15, 0.2) is 0 Å². The first-order valence-corrected chi connectivity index (χ1v) is 5.88. The van der Waals surface area contributed by atoms with E-state index < -0.39 is 0 Å². The Morgan fingerprint density at radius 1 is 1.47 bits per heavy atom. The summed E-state index contributed by atoms with van der Waals surface area (Å²) in [6.07, 6.45) is 0. The zero-order valence-electron chi connectivity index (χ0n) is 11.9. The SMILES string of the molecule is [2H]N1CC(CO)(COCC#CCO)C1C(C)(C)C. The third-order valence-corrected chi connectivity index (χ3v) is 3.07. The van der Waals surface area contributed by atoms with Crippen LogP contribution in [0.25, 0.3) is 0 Å². The minimum atomic E-state index is -0.374. The number of hydrogen-bond donors (Lipinski definition) is 3. The number of ether oxygens (including phenoxy) is 1. The Kier molecular flexibility index (Phi) is 4.41. The summed E-state index contributed by atoms with van der Waals surface area (Å²) in [6, 6.07) is -0.0270. The molecule has 0 saturated carbocycles. The van der Waals surface area contributed by atoms with Gasteiger partial charge < -0.3 is 20.3 Å². The first-order chi connectivity index (χ1) is 8.37. The molecule has 3 N–H and O–H groups in total. The van der Waals surface area contributed by atoms with Gasteiger partial charge in [-0.1, -0.05) is 32.6 Å². The second kappa shape index (κ2) is 5.83. The van der Waals surface area contributed by atoms with E-state index in [-0.39, 0.29) is 36.7 Å². The third kappa shape index (κ3) is 3.43. The van der Waals surface area contributed by atoms with Crippen LogP contribution < -0.4 is 5.31 Å². The molecule has 1 aliphatic heterocycles. The van der Waals surface area contributed by atoms with E-state index >= 15 is 0 Å². The highest BCUT2D eigenvalue weighted by atomic mass is 16.5. The molecule has 2 unspecified atom stereocenters. The normalized spacial score (nSPS) is 30.2. The number of aliphatic hydroxyl groups is 2. The molecule has 0 bridgehead atoms. The summed E-state index contributed by atoms with van der Waals surface area (Å²) in [5.74, 6) is 5.19.